The van der Waals surface area contributed by atoms with Gasteiger partial charge in [-0.1, -0.05) is 6.07 Å². The van der Waals surface area contributed by atoms with E-state index in [0.29, 0.717) is 12.2 Å². The van der Waals surface area contributed by atoms with Crippen LogP contribution < -0.4 is 10.5 Å². The van der Waals surface area contributed by atoms with Crippen molar-refractivity contribution in [2.45, 2.75) is 12.5 Å². The Balaban J connectivity index is 0.00000112. The van der Waals surface area contributed by atoms with Crippen LogP contribution in [0.2, 0.25) is 0 Å². The van der Waals surface area contributed by atoms with Gasteiger partial charge in [-0.05, 0) is 23.3 Å². The lowest BCUT2D eigenvalue weighted by molar-refractivity contribution is -0.138. The number of fused-ring (bicyclic) bond motifs is 1. The van der Waals surface area contributed by atoms with Gasteiger partial charge in [-0.15, -0.1) is 12.4 Å². The minimum Gasteiger partial charge on any atom is -0.493 e. The summed E-state index contributed by atoms with van der Waals surface area (Å²) in [5.41, 5.74) is 7.16. The third kappa shape index (κ3) is 2.22. The fraction of sp³-hybridized carbons (Fsp3) is 0.300. The van der Waals surface area contributed by atoms with Gasteiger partial charge in [0, 0.05) is 6.42 Å². The van der Waals surface area contributed by atoms with E-state index >= 15 is 0 Å². The number of carbonyl (C=O) groups is 1. The van der Waals surface area contributed by atoms with Crippen LogP contribution in [0.4, 0.5) is 0 Å². The van der Waals surface area contributed by atoms with E-state index in [4.69, 9.17) is 15.6 Å². The molecule has 2 rings (SSSR count). The van der Waals surface area contributed by atoms with Crippen molar-refractivity contribution < 1.29 is 14.6 Å². The molecule has 0 aromatic heterocycles. The minimum absolute atomic E-state index is 0. The van der Waals surface area contributed by atoms with E-state index in [1.54, 1.807) is 18.2 Å². The molecule has 0 bridgehead atoms. The van der Waals surface area contributed by atoms with Gasteiger partial charge in [0.05, 0.1) is 6.61 Å². The second-order valence-electron chi connectivity index (χ2n) is 3.28. The summed E-state index contributed by atoms with van der Waals surface area (Å²) in [5, 5.41) is 8.73. The third-order valence-corrected chi connectivity index (χ3v) is 2.34. The van der Waals surface area contributed by atoms with E-state index < -0.39 is 12.0 Å². The Bertz CT molecular complexity index is 381. The summed E-state index contributed by atoms with van der Waals surface area (Å²) < 4.78 is 5.31. The first-order chi connectivity index (χ1) is 6.68. The fourth-order valence-electron chi connectivity index (χ4n) is 1.54. The number of hydrogen-bond donors (Lipinski definition) is 2. The third-order valence-electron chi connectivity index (χ3n) is 2.34. The maximum atomic E-state index is 10.6. The average Bonchev–Trinajstić information content (AvgIpc) is 2.62. The molecule has 1 atom stereocenters. The standard InChI is InChI=1S/C10H11NO3.ClH/c11-9(10(12)13)7-1-2-8-6(5-7)3-4-14-8;/h1-2,5,9H,3-4,11H2,(H,12,13);1H. The SMILES string of the molecule is Cl.NC(C(=O)O)c1ccc2c(c1)CCO2. The Kier molecular flexibility index (Phi) is 3.55. The molecule has 15 heavy (non-hydrogen) atoms. The number of halogens is 1. The smallest absolute Gasteiger partial charge is 0.325 e. The molecule has 1 aliphatic heterocycles. The van der Waals surface area contributed by atoms with Gasteiger partial charge in [0.2, 0.25) is 0 Å². The summed E-state index contributed by atoms with van der Waals surface area (Å²) in [4.78, 5) is 10.6. The molecular weight excluding hydrogens is 218 g/mol. The van der Waals surface area contributed by atoms with Crippen LogP contribution in [0.5, 0.6) is 5.75 Å². The Morgan fingerprint density at radius 3 is 2.93 bits per heavy atom. The lowest BCUT2D eigenvalue weighted by Crippen LogP contribution is -2.20. The Hall–Kier alpha value is -1.26. The number of rotatable bonds is 2. The van der Waals surface area contributed by atoms with Crippen LogP contribution in [0.1, 0.15) is 17.2 Å². The topological polar surface area (TPSA) is 72.6 Å². The molecule has 1 aliphatic rings. The van der Waals surface area contributed by atoms with Crippen LogP contribution in [-0.2, 0) is 11.2 Å². The molecular formula is C10H12ClNO3. The van der Waals surface area contributed by atoms with Crippen molar-refractivity contribution in [3.63, 3.8) is 0 Å². The molecule has 5 heteroatoms. The van der Waals surface area contributed by atoms with Crippen LogP contribution >= 0.6 is 12.4 Å². The minimum atomic E-state index is -1.01. The second-order valence-corrected chi connectivity index (χ2v) is 3.28. The van der Waals surface area contributed by atoms with Crippen molar-refractivity contribution in [1.29, 1.82) is 0 Å². The van der Waals surface area contributed by atoms with Crippen LogP contribution in [0.15, 0.2) is 18.2 Å². The van der Waals surface area contributed by atoms with E-state index in [2.05, 4.69) is 0 Å². The quantitative estimate of drug-likeness (QED) is 0.798. The summed E-state index contributed by atoms with van der Waals surface area (Å²) in [6.07, 6.45) is 0.829. The zero-order valence-electron chi connectivity index (χ0n) is 7.97. The first-order valence-corrected chi connectivity index (χ1v) is 4.42. The summed E-state index contributed by atoms with van der Waals surface area (Å²) in [6, 6.07) is 4.34. The molecule has 82 valence electrons. The molecule has 0 radical (unpaired) electrons. The molecule has 1 heterocycles. The molecule has 0 amide bonds. The highest BCUT2D eigenvalue weighted by Gasteiger charge is 2.18. The normalized spacial score (nSPS) is 14.7. The van der Waals surface area contributed by atoms with E-state index in [1.165, 1.54) is 0 Å². The number of benzene rings is 1. The predicted molar refractivity (Wildman–Crippen MR) is 57.5 cm³/mol. The summed E-state index contributed by atoms with van der Waals surface area (Å²) in [7, 11) is 0. The van der Waals surface area contributed by atoms with Gasteiger partial charge in [0.1, 0.15) is 11.8 Å². The van der Waals surface area contributed by atoms with Crippen molar-refractivity contribution in [2.75, 3.05) is 6.61 Å². The Morgan fingerprint density at radius 1 is 1.53 bits per heavy atom. The van der Waals surface area contributed by atoms with Gasteiger partial charge in [-0.25, -0.2) is 0 Å². The zero-order chi connectivity index (χ0) is 10.1. The van der Waals surface area contributed by atoms with Gasteiger partial charge in [0.15, 0.2) is 0 Å². The highest BCUT2D eigenvalue weighted by molar-refractivity contribution is 5.85. The van der Waals surface area contributed by atoms with E-state index in [-0.39, 0.29) is 12.4 Å². The molecule has 0 spiro atoms. The zero-order valence-corrected chi connectivity index (χ0v) is 8.79. The highest BCUT2D eigenvalue weighted by Crippen LogP contribution is 2.27. The Morgan fingerprint density at radius 2 is 2.27 bits per heavy atom. The predicted octanol–water partition coefficient (Wildman–Crippen LogP) is 1.13. The van der Waals surface area contributed by atoms with Crippen LogP contribution in [-0.4, -0.2) is 17.7 Å². The molecule has 1 aromatic carbocycles. The number of nitrogens with two attached hydrogens (primary N) is 1. The Labute approximate surface area is 93.4 Å². The molecule has 1 unspecified atom stereocenters. The maximum absolute atomic E-state index is 10.6. The lowest BCUT2D eigenvalue weighted by atomic mass is 10.0. The molecule has 0 saturated heterocycles. The number of ether oxygens (including phenoxy) is 1. The van der Waals surface area contributed by atoms with Crippen LogP contribution in [0.25, 0.3) is 0 Å². The van der Waals surface area contributed by atoms with E-state index in [1.807, 2.05) is 0 Å². The first-order valence-electron chi connectivity index (χ1n) is 4.42. The number of aliphatic carboxylic acids is 1. The van der Waals surface area contributed by atoms with Crippen molar-refractivity contribution in [3.05, 3.63) is 29.3 Å². The molecule has 3 N–H and O–H groups in total. The van der Waals surface area contributed by atoms with Gasteiger partial charge in [-0.3, -0.25) is 4.79 Å². The monoisotopic (exact) mass is 229 g/mol. The van der Waals surface area contributed by atoms with Crippen LogP contribution in [0, 0.1) is 0 Å². The summed E-state index contributed by atoms with van der Waals surface area (Å²) in [6.45, 7) is 0.668. The largest absolute Gasteiger partial charge is 0.493 e. The van der Waals surface area contributed by atoms with E-state index in [9.17, 15) is 4.79 Å². The summed E-state index contributed by atoms with van der Waals surface area (Å²) in [5.74, 6) is -0.171. The van der Waals surface area contributed by atoms with E-state index in [0.717, 1.165) is 17.7 Å². The number of carboxylic acid groups (broad SMARTS) is 1. The second kappa shape index (κ2) is 4.51. The number of carboxylic acids is 1. The average molecular weight is 230 g/mol. The molecule has 4 nitrogen and oxygen atoms in total. The fourth-order valence-corrected chi connectivity index (χ4v) is 1.54. The van der Waals surface area contributed by atoms with Gasteiger partial charge in [0.25, 0.3) is 0 Å². The van der Waals surface area contributed by atoms with Gasteiger partial charge in [-0.2, -0.15) is 0 Å². The van der Waals surface area contributed by atoms with Crippen molar-refractivity contribution in [3.8, 4) is 5.75 Å². The van der Waals surface area contributed by atoms with Crippen molar-refractivity contribution in [1.82, 2.24) is 0 Å². The van der Waals surface area contributed by atoms with Crippen molar-refractivity contribution in [2.24, 2.45) is 5.73 Å². The van der Waals surface area contributed by atoms with Crippen LogP contribution in [0.3, 0.4) is 0 Å². The first kappa shape index (κ1) is 11.8. The molecule has 0 saturated carbocycles. The maximum Gasteiger partial charge on any atom is 0.325 e. The highest BCUT2D eigenvalue weighted by atomic mass is 35.5. The summed E-state index contributed by atoms with van der Waals surface area (Å²) >= 11 is 0. The van der Waals surface area contributed by atoms with Gasteiger partial charge < -0.3 is 15.6 Å². The number of hydrogen-bond acceptors (Lipinski definition) is 3. The lowest BCUT2D eigenvalue weighted by Gasteiger charge is -2.07. The molecule has 1 aromatic rings. The molecule has 0 fully saturated rings. The van der Waals surface area contributed by atoms with Gasteiger partial charge >= 0.3 is 5.97 Å². The molecule has 0 aliphatic carbocycles. The van der Waals surface area contributed by atoms with Crippen molar-refractivity contribution >= 4 is 18.4 Å².